The summed E-state index contributed by atoms with van der Waals surface area (Å²) in [5.41, 5.74) is 0.292. The number of rotatable bonds is 9. The molecule has 0 saturated carbocycles. The van der Waals surface area contributed by atoms with Crippen molar-refractivity contribution in [1.29, 1.82) is 0 Å². The van der Waals surface area contributed by atoms with Crippen molar-refractivity contribution in [2.45, 2.75) is 63.3 Å². The monoisotopic (exact) mass is 486 g/mol. The van der Waals surface area contributed by atoms with Crippen molar-refractivity contribution in [3.8, 4) is 0 Å². The molecule has 1 aromatic carbocycles. The molecule has 32 heavy (non-hydrogen) atoms. The van der Waals surface area contributed by atoms with Crippen LogP contribution in [-0.2, 0) is 48.6 Å². The Kier molecular flexibility index (Phi) is 10.3. The van der Waals surface area contributed by atoms with E-state index in [1.807, 2.05) is 30.3 Å². The van der Waals surface area contributed by atoms with E-state index >= 15 is 0 Å². The lowest BCUT2D eigenvalue weighted by atomic mass is 9.99. The van der Waals surface area contributed by atoms with Gasteiger partial charge in [0.2, 0.25) is 0 Å². The van der Waals surface area contributed by atoms with Crippen molar-refractivity contribution >= 4 is 45.5 Å². The van der Waals surface area contributed by atoms with E-state index in [4.69, 9.17) is 23.7 Å². The molecule has 0 amide bonds. The standard InChI is InChI=1S/C21H26O9S2/c1-12(22)26-10-17-18(27-13(2)23)19(28-14(3)24)20(29-15(4)25)21(30-17)32-31-11-16-8-6-5-7-9-16/h5-9,17-21H,10-11H2,1-4H3/t17-,18-,19+,20+,21+/m1/s1. The Morgan fingerprint density at radius 2 is 1.38 bits per heavy atom. The van der Waals surface area contributed by atoms with Crippen LogP contribution in [0.15, 0.2) is 30.3 Å². The Balaban J connectivity index is 2.28. The SMILES string of the molecule is CC(=O)OC[C@H]1O[C@@H](SSCc2ccccc2)[C@@H](OC(C)=O)[C@@H](OC(C)=O)[C@@H]1OC(C)=O. The molecular weight excluding hydrogens is 460 g/mol. The molecule has 0 N–H and O–H groups in total. The van der Waals surface area contributed by atoms with Gasteiger partial charge in [0, 0.05) is 33.4 Å². The number of hydrogen-bond acceptors (Lipinski definition) is 11. The fourth-order valence-corrected chi connectivity index (χ4v) is 5.53. The van der Waals surface area contributed by atoms with Crippen LogP contribution in [0.25, 0.3) is 0 Å². The second kappa shape index (κ2) is 12.7. The first kappa shape index (κ1) is 26.0. The molecule has 2 rings (SSSR count). The van der Waals surface area contributed by atoms with Crippen molar-refractivity contribution in [3.05, 3.63) is 35.9 Å². The molecule has 1 saturated heterocycles. The molecule has 0 unspecified atom stereocenters. The van der Waals surface area contributed by atoms with Crippen LogP contribution in [0, 0.1) is 0 Å². The van der Waals surface area contributed by atoms with E-state index in [0.717, 1.165) is 5.56 Å². The quantitative estimate of drug-likeness (QED) is 0.291. The molecule has 1 heterocycles. The molecule has 0 spiro atoms. The normalized spacial score (nSPS) is 24.8. The highest BCUT2D eigenvalue weighted by Crippen LogP contribution is 2.40. The molecule has 1 fully saturated rings. The maximum atomic E-state index is 11.8. The zero-order valence-corrected chi connectivity index (χ0v) is 19.8. The lowest BCUT2D eigenvalue weighted by Gasteiger charge is -2.43. The Morgan fingerprint density at radius 1 is 0.812 bits per heavy atom. The maximum absolute atomic E-state index is 11.8. The van der Waals surface area contributed by atoms with E-state index in [-0.39, 0.29) is 6.61 Å². The third-order valence-corrected chi connectivity index (χ3v) is 6.67. The average molecular weight is 487 g/mol. The molecule has 1 aliphatic heterocycles. The molecule has 11 heteroatoms. The lowest BCUT2D eigenvalue weighted by Crippen LogP contribution is -2.61. The Hall–Kier alpha value is -2.24. The van der Waals surface area contributed by atoms with E-state index in [2.05, 4.69) is 0 Å². The maximum Gasteiger partial charge on any atom is 0.303 e. The summed E-state index contributed by atoms with van der Waals surface area (Å²) in [6.45, 7) is 4.59. The summed E-state index contributed by atoms with van der Waals surface area (Å²) < 4.78 is 27.3. The van der Waals surface area contributed by atoms with Gasteiger partial charge in [-0.15, -0.1) is 0 Å². The molecule has 1 aromatic rings. The highest BCUT2D eigenvalue weighted by Gasteiger charge is 2.52. The van der Waals surface area contributed by atoms with Crippen molar-refractivity contribution in [2.75, 3.05) is 6.61 Å². The predicted octanol–water partition coefficient (Wildman–Crippen LogP) is 2.65. The Labute approximate surface area is 194 Å². The van der Waals surface area contributed by atoms with Gasteiger partial charge < -0.3 is 23.7 Å². The Morgan fingerprint density at radius 3 is 1.94 bits per heavy atom. The molecule has 0 bridgehead atoms. The van der Waals surface area contributed by atoms with Gasteiger partial charge in [-0.1, -0.05) is 51.9 Å². The van der Waals surface area contributed by atoms with Gasteiger partial charge in [0.05, 0.1) is 0 Å². The van der Waals surface area contributed by atoms with Crippen LogP contribution in [-0.4, -0.2) is 60.3 Å². The molecule has 176 valence electrons. The zero-order chi connectivity index (χ0) is 23.7. The van der Waals surface area contributed by atoms with Crippen LogP contribution in [0.3, 0.4) is 0 Å². The molecular formula is C21H26O9S2. The zero-order valence-electron chi connectivity index (χ0n) is 18.2. The van der Waals surface area contributed by atoms with Gasteiger partial charge in [-0.3, -0.25) is 19.2 Å². The van der Waals surface area contributed by atoms with Crippen LogP contribution in [0.1, 0.15) is 33.3 Å². The van der Waals surface area contributed by atoms with Crippen molar-refractivity contribution in [3.63, 3.8) is 0 Å². The molecule has 9 nitrogen and oxygen atoms in total. The van der Waals surface area contributed by atoms with Crippen LogP contribution in [0.2, 0.25) is 0 Å². The molecule has 0 aliphatic carbocycles. The first-order valence-corrected chi connectivity index (χ1v) is 12.2. The van der Waals surface area contributed by atoms with E-state index < -0.39 is 53.7 Å². The number of hydrogen-bond donors (Lipinski definition) is 0. The number of ether oxygens (including phenoxy) is 5. The minimum absolute atomic E-state index is 0.238. The first-order valence-electron chi connectivity index (χ1n) is 9.80. The van der Waals surface area contributed by atoms with Gasteiger partial charge in [0.1, 0.15) is 12.7 Å². The van der Waals surface area contributed by atoms with E-state index in [9.17, 15) is 19.2 Å². The van der Waals surface area contributed by atoms with Gasteiger partial charge in [0.25, 0.3) is 0 Å². The third kappa shape index (κ3) is 8.36. The number of benzene rings is 1. The van der Waals surface area contributed by atoms with Gasteiger partial charge in [-0.2, -0.15) is 0 Å². The highest BCUT2D eigenvalue weighted by molar-refractivity contribution is 8.76. The fraction of sp³-hybridized carbons (Fsp3) is 0.524. The number of carbonyl (C=O) groups is 4. The van der Waals surface area contributed by atoms with Gasteiger partial charge in [-0.25, -0.2) is 0 Å². The lowest BCUT2D eigenvalue weighted by molar-refractivity contribution is -0.237. The summed E-state index contributed by atoms with van der Waals surface area (Å²) >= 11 is 0. The van der Waals surface area contributed by atoms with Gasteiger partial charge in [0.15, 0.2) is 23.7 Å². The van der Waals surface area contributed by atoms with Crippen LogP contribution in [0.5, 0.6) is 0 Å². The van der Waals surface area contributed by atoms with E-state index in [0.29, 0.717) is 5.75 Å². The third-order valence-electron chi connectivity index (χ3n) is 4.18. The topological polar surface area (TPSA) is 114 Å². The smallest absolute Gasteiger partial charge is 0.303 e. The second-order valence-corrected chi connectivity index (χ2v) is 9.38. The summed E-state index contributed by atoms with van der Waals surface area (Å²) in [6.07, 6.45) is -4.28. The average Bonchev–Trinajstić information content (AvgIpc) is 2.70. The first-order chi connectivity index (χ1) is 15.2. The fourth-order valence-electron chi connectivity index (χ4n) is 3.01. The highest BCUT2D eigenvalue weighted by atomic mass is 33.1. The summed E-state index contributed by atoms with van der Waals surface area (Å²) in [7, 11) is 2.73. The summed E-state index contributed by atoms with van der Waals surface area (Å²) in [5, 5.41) is 0. The summed E-state index contributed by atoms with van der Waals surface area (Å²) in [5.74, 6) is -1.84. The van der Waals surface area contributed by atoms with Gasteiger partial charge >= 0.3 is 23.9 Å². The molecule has 1 aliphatic rings. The minimum atomic E-state index is -1.15. The summed E-state index contributed by atoms with van der Waals surface area (Å²) in [4.78, 5) is 46.7. The minimum Gasteiger partial charge on any atom is -0.463 e. The molecule has 0 radical (unpaired) electrons. The van der Waals surface area contributed by atoms with Crippen molar-refractivity contribution in [2.24, 2.45) is 0 Å². The van der Waals surface area contributed by atoms with Crippen LogP contribution in [0.4, 0.5) is 0 Å². The number of carbonyl (C=O) groups excluding carboxylic acids is 4. The second-order valence-electron chi connectivity index (χ2n) is 6.91. The largest absolute Gasteiger partial charge is 0.463 e. The van der Waals surface area contributed by atoms with Crippen molar-refractivity contribution in [1.82, 2.24) is 0 Å². The molecule has 0 aromatic heterocycles. The molecule has 5 atom stereocenters. The summed E-state index contributed by atoms with van der Waals surface area (Å²) in [6, 6.07) is 9.71. The van der Waals surface area contributed by atoms with Crippen LogP contribution >= 0.6 is 21.6 Å². The van der Waals surface area contributed by atoms with Crippen LogP contribution < -0.4 is 0 Å². The predicted molar refractivity (Wildman–Crippen MR) is 117 cm³/mol. The Bertz CT molecular complexity index is 802. The number of esters is 4. The van der Waals surface area contributed by atoms with Gasteiger partial charge in [-0.05, 0) is 5.56 Å². The van der Waals surface area contributed by atoms with E-state index in [1.165, 1.54) is 49.3 Å². The van der Waals surface area contributed by atoms with Crippen molar-refractivity contribution < 1.29 is 42.9 Å². The van der Waals surface area contributed by atoms with E-state index in [1.54, 1.807) is 0 Å².